The Morgan fingerprint density at radius 1 is 0.811 bits per heavy atom. The lowest BCUT2D eigenvalue weighted by Gasteiger charge is -2.10. The highest BCUT2D eigenvalue weighted by Crippen LogP contribution is 2.33. The van der Waals surface area contributed by atoms with Crippen LogP contribution in [0.15, 0.2) is 35.5 Å². The number of aryl methyl sites for hydroxylation is 1. The van der Waals surface area contributed by atoms with Crippen LogP contribution in [0.5, 0.6) is 23.4 Å². The summed E-state index contributed by atoms with van der Waals surface area (Å²) in [6.07, 6.45) is 0.852. The zero-order valence-electron chi connectivity index (χ0n) is 27.1. The van der Waals surface area contributed by atoms with Crippen LogP contribution in [0.3, 0.4) is 0 Å². The van der Waals surface area contributed by atoms with E-state index in [1.54, 1.807) is 4.72 Å². The standard InChI is InChI=1S/C12H14N6O7S.C8H6Cl2O3.C7H4Cl3NO3/c1-18-9(6(5-13-18)10(19)20)26(22,23)17-12(21)16-11-14-7(24-2)4-8(15-11)25-3;1-13-7-5(10)3-2-4(9)6(7)8(11)12;8-3-1-4(9)7(11-6(3)10)14-2-5(12)13/h4-5H,1-3H3,(H,19,20)(H2,14,15,16,17,21);2-3H,1H3,(H,11,12);1H,2H2,(H,12,13). The molecule has 0 bridgehead atoms. The molecule has 5 N–H and O–H groups in total. The molecule has 286 valence electrons. The number of nitrogens with zero attached hydrogens (tertiary/aromatic N) is 5. The largest absolute Gasteiger partial charge is 0.494 e. The van der Waals surface area contributed by atoms with Gasteiger partial charge in [-0.1, -0.05) is 58.0 Å². The van der Waals surface area contributed by atoms with Crippen LogP contribution in [-0.2, 0) is 21.9 Å². The number of ether oxygens (including phenoxy) is 4. The van der Waals surface area contributed by atoms with E-state index in [2.05, 4.69) is 25.4 Å². The zero-order valence-corrected chi connectivity index (χ0v) is 31.6. The minimum absolute atomic E-state index is 0.0106. The van der Waals surface area contributed by atoms with Gasteiger partial charge in [-0.3, -0.25) is 10.00 Å². The van der Waals surface area contributed by atoms with E-state index in [1.807, 2.05) is 0 Å². The first kappa shape index (κ1) is 44.1. The van der Waals surface area contributed by atoms with Gasteiger partial charge in [0.1, 0.15) is 16.1 Å². The number of hydrogen-bond acceptors (Lipinski definition) is 14. The van der Waals surface area contributed by atoms with Crippen molar-refractivity contribution in [1.82, 2.24) is 29.5 Å². The fraction of sp³-hybridized carbons (Fsp3) is 0.185. The van der Waals surface area contributed by atoms with Crippen LogP contribution in [0.4, 0.5) is 10.7 Å². The minimum Gasteiger partial charge on any atom is -0.494 e. The number of carbonyl (C=O) groups is 4. The van der Waals surface area contributed by atoms with E-state index in [-0.39, 0.29) is 60.1 Å². The number of carboxylic acid groups (broad SMARTS) is 3. The number of aromatic carboxylic acids is 2. The van der Waals surface area contributed by atoms with Gasteiger partial charge in [-0.2, -0.15) is 28.5 Å². The van der Waals surface area contributed by atoms with Crippen molar-refractivity contribution in [2.75, 3.05) is 33.3 Å². The maximum Gasteiger partial charge on any atom is 0.341 e. The molecule has 0 atom stereocenters. The van der Waals surface area contributed by atoms with Crippen molar-refractivity contribution in [2.24, 2.45) is 7.05 Å². The number of pyridine rings is 1. The molecule has 0 aliphatic rings. The van der Waals surface area contributed by atoms with Gasteiger partial charge < -0.3 is 34.3 Å². The Kier molecular flexibility index (Phi) is 16.4. The van der Waals surface area contributed by atoms with Gasteiger partial charge in [0.05, 0.1) is 48.7 Å². The van der Waals surface area contributed by atoms with Crippen LogP contribution in [0, 0.1) is 0 Å². The summed E-state index contributed by atoms with van der Waals surface area (Å²) in [5.41, 5.74) is -0.705. The average Bonchev–Trinajstić information content (AvgIpc) is 3.49. The minimum atomic E-state index is -4.53. The zero-order chi connectivity index (χ0) is 40.2. The second-order valence-electron chi connectivity index (χ2n) is 9.10. The molecule has 3 aromatic heterocycles. The topological polar surface area (TPSA) is 281 Å². The SMILES string of the molecule is COc1c(Cl)ccc(Cl)c1C(=O)O.COc1cc(OC)nc(NC(=O)NS(=O)(=O)c2c(C(=O)O)cnn2C)n1.O=C(O)COc1nc(Cl)c(Cl)cc1Cl. The van der Waals surface area contributed by atoms with Crippen molar-refractivity contribution >= 4 is 97.9 Å². The summed E-state index contributed by atoms with van der Waals surface area (Å²) in [6, 6.07) is 4.34. The van der Waals surface area contributed by atoms with Gasteiger partial charge in [0.2, 0.25) is 23.6 Å². The summed E-state index contributed by atoms with van der Waals surface area (Å²) in [5, 5.41) is 31.7. The molecule has 0 radical (unpaired) electrons. The summed E-state index contributed by atoms with van der Waals surface area (Å²) in [5.74, 6) is -3.94. The first-order chi connectivity index (χ1) is 24.8. The molecule has 2 amide bonds. The maximum atomic E-state index is 12.3. The third-order valence-corrected chi connectivity index (χ3v) is 8.59. The van der Waals surface area contributed by atoms with Crippen LogP contribution in [0.2, 0.25) is 25.2 Å². The third kappa shape index (κ3) is 12.5. The van der Waals surface area contributed by atoms with Crippen molar-refractivity contribution in [3.8, 4) is 23.4 Å². The van der Waals surface area contributed by atoms with Gasteiger partial charge >= 0.3 is 23.9 Å². The summed E-state index contributed by atoms with van der Waals surface area (Å²) in [7, 11) is 0.671. The van der Waals surface area contributed by atoms with E-state index in [0.717, 1.165) is 10.9 Å². The van der Waals surface area contributed by atoms with E-state index < -0.39 is 51.2 Å². The van der Waals surface area contributed by atoms with E-state index in [4.69, 9.17) is 92.3 Å². The molecule has 4 rings (SSSR count). The van der Waals surface area contributed by atoms with Gasteiger partial charge in [0.25, 0.3) is 10.0 Å². The molecule has 0 saturated heterocycles. The number of sulfonamides is 1. The number of halogens is 5. The number of aromatic nitrogens is 5. The van der Waals surface area contributed by atoms with Crippen LogP contribution >= 0.6 is 58.0 Å². The quantitative estimate of drug-likeness (QED) is 0.128. The van der Waals surface area contributed by atoms with Gasteiger partial charge in [-0.05, 0) is 18.2 Å². The predicted molar refractivity (Wildman–Crippen MR) is 187 cm³/mol. The summed E-state index contributed by atoms with van der Waals surface area (Å²) in [6.45, 7) is -0.537. The fourth-order valence-corrected chi connectivity index (χ4v) is 5.68. The Bertz CT molecular complexity index is 2100. The number of carbonyl (C=O) groups excluding carboxylic acids is 1. The number of rotatable bonds is 11. The summed E-state index contributed by atoms with van der Waals surface area (Å²) in [4.78, 5) is 55.3. The highest BCUT2D eigenvalue weighted by atomic mass is 35.5. The number of benzene rings is 1. The lowest BCUT2D eigenvalue weighted by Crippen LogP contribution is -2.36. The summed E-state index contributed by atoms with van der Waals surface area (Å²) >= 11 is 28.2. The van der Waals surface area contributed by atoms with Crippen molar-refractivity contribution in [3.05, 3.63) is 66.8 Å². The number of nitrogens with one attached hydrogen (secondary N) is 2. The Labute approximate surface area is 323 Å². The van der Waals surface area contributed by atoms with Crippen LogP contribution in [0.1, 0.15) is 20.7 Å². The second kappa shape index (κ2) is 19.7. The number of aliphatic carboxylic acids is 1. The molecule has 1 aromatic carbocycles. The van der Waals surface area contributed by atoms with E-state index in [0.29, 0.717) is 0 Å². The molecule has 0 aliphatic carbocycles. The van der Waals surface area contributed by atoms with E-state index >= 15 is 0 Å². The Balaban J connectivity index is 0.000000303. The van der Waals surface area contributed by atoms with Crippen LogP contribution in [-0.4, -0.2) is 100 Å². The molecule has 4 aromatic rings. The lowest BCUT2D eigenvalue weighted by molar-refractivity contribution is -0.139. The monoisotopic (exact) mass is 861 g/mol. The molecule has 3 heterocycles. The van der Waals surface area contributed by atoms with Crippen LogP contribution < -0.4 is 29.0 Å². The molecule has 26 heteroatoms. The highest BCUT2D eigenvalue weighted by molar-refractivity contribution is 7.90. The van der Waals surface area contributed by atoms with Crippen molar-refractivity contribution in [3.63, 3.8) is 0 Å². The number of amides is 2. The molecule has 20 nitrogen and oxygen atoms in total. The second-order valence-corrected chi connectivity index (χ2v) is 12.7. The Hall–Kier alpha value is -5.06. The van der Waals surface area contributed by atoms with Gasteiger partial charge in [-0.15, -0.1) is 0 Å². The Morgan fingerprint density at radius 3 is 1.89 bits per heavy atom. The Morgan fingerprint density at radius 2 is 1.40 bits per heavy atom. The van der Waals surface area contributed by atoms with E-state index in [1.165, 1.54) is 52.6 Å². The van der Waals surface area contributed by atoms with Crippen molar-refractivity contribution < 1.29 is 61.9 Å². The average molecular weight is 864 g/mol. The van der Waals surface area contributed by atoms with Crippen LogP contribution in [0.25, 0.3) is 0 Å². The molecular weight excluding hydrogens is 840 g/mol. The fourth-order valence-electron chi connectivity index (χ4n) is 3.45. The van der Waals surface area contributed by atoms with E-state index in [9.17, 15) is 27.6 Å². The van der Waals surface area contributed by atoms with Gasteiger partial charge in [0, 0.05) is 7.05 Å². The number of methoxy groups -OCH3 is 3. The summed E-state index contributed by atoms with van der Waals surface area (Å²) < 4.78 is 46.4. The lowest BCUT2D eigenvalue weighted by atomic mass is 10.2. The van der Waals surface area contributed by atoms with Crippen molar-refractivity contribution in [1.29, 1.82) is 0 Å². The van der Waals surface area contributed by atoms with Crippen molar-refractivity contribution in [2.45, 2.75) is 5.03 Å². The number of hydrogen-bond donors (Lipinski definition) is 5. The molecule has 53 heavy (non-hydrogen) atoms. The number of anilines is 1. The smallest absolute Gasteiger partial charge is 0.341 e. The molecular formula is C27H24Cl5N7O13S. The number of urea groups is 1. The normalized spacial score (nSPS) is 10.4. The predicted octanol–water partition coefficient (Wildman–Crippen LogP) is 4.64. The first-order valence-electron chi connectivity index (χ1n) is 13.4. The number of carboxylic acids is 3. The first-order valence-corrected chi connectivity index (χ1v) is 16.8. The highest BCUT2D eigenvalue weighted by Gasteiger charge is 2.29. The molecule has 0 spiro atoms. The third-order valence-electron chi connectivity index (χ3n) is 5.58. The molecule has 0 unspecified atom stereocenters. The molecule has 0 aliphatic heterocycles. The van der Waals surface area contributed by atoms with Gasteiger partial charge in [0.15, 0.2) is 22.5 Å². The molecule has 0 saturated carbocycles. The maximum absolute atomic E-state index is 12.3. The molecule has 0 fully saturated rings. The van der Waals surface area contributed by atoms with Gasteiger partial charge in [-0.25, -0.2) is 23.9 Å².